The molecule has 0 fully saturated rings. The van der Waals surface area contributed by atoms with Crippen LogP contribution in [0.5, 0.6) is 0 Å². The van der Waals surface area contributed by atoms with Crippen molar-refractivity contribution < 1.29 is 4.79 Å². The first-order valence-electron chi connectivity index (χ1n) is 4.00. The third-order valence-corrected chi connectivity index (χ3v) is 2.66. The van der Waals surface area contributed by atoms with Crippen LogP contribution in [-0.2, 0) is 4.79 Å². The molecule has 1 aliphatic rings. The number of hydrogen-bond donors (Lipinski definition) is 1. The van der Waals surface area contributed by atoms with Crippen molar-refractivity contribution in [1.29, 1.82) is 0 Å². The molecule has 0 atom stereocenters. The Balaban J connectivity index is 2.86. The highest BCUT2D eigenvalue weighted by molar-refractivity contribution is 8.00. The molecule has 0 aliphatic carbocycles. The Morgan fingerprint density at radius 3 is 3.00 bits per heavy atom. The predicted molar refractivity (Wildman–Crippen MR) is 53.2 cm³/mol. The van der Waals surface area contributed by atoms with Crippen LogP contribution in [0.1, 0.15) is 6.92 Å². The van der Waals surface area contributed by atoms with Gasteiger partial charge in [0.2, 0.25) is 0 Å². The van der Waals surface area contributed by atoms with Crippen molar-refractivity contribution >= 4 is 17.5 Å². The van der Waals surface area contributed by atoms with Gasteiger partial charge in [-0.25, -0.2) is 0 Å². The van der Waals surface area contributed by atoms with Gasteiger partial charge in [-0.1, -0.05) is 12.7 Å². The first kappa shape index (κ1) is 9.39. The van der Waals surface area contributed by atoms with E-state index in [4.69, 9.17) is 0 Å². The Morgan fingerprint density at radius 2 is 2.42 bits per heavy atom. The third-order valence-electron chi connectivity index (χ3n) is 1.70. The number of nitrogens with one attached hydrogen (secondary N) is 1. The monoisotopic (exact) mass is 183 g/mol. The number of ketones is 1. The zero-order valence-corrected chi connectivity index (χ0v) is 8.04. The van der Waals surface area contributed by atoms with Crippen molar-refractivity contribution in [3.63, 3.8) is 0 Å². The maximum absolute atomic E-state index is 11.3. The molecule has 1 aliphatic heterocycles. The van der Waals surface area contributed by atoms with Gasteiger partial charge in [-0.3, -0.25) is 4.79 Å². The lowest BCUT2D eigenvalue weighted by atomic mass is 10.1. The van der Waals surface area contributed by atoms with E-state index in [-0.39, 0.29) is 5.78 Å². The highest BCUT2D eigenvalue weighted by atomic mass is 32.2. The number of carbonyl (C=O) groups is 1. The van der Waals surface area contributed by atoms with Crippen molar-refractivity contribution in [3.8, 4) is 0 Å². The zero-order valence-electron chi connectivity index (χ0n) is 7.22. The quantitative estimate of drug-likeness (QED) is 0.716. The molecule has 1 rings (SSSR count). The van der Waals surface area contributed by atoms with Crippen LogP contribution in [0.2, 0.25) is 0 Å². The molecular formula is C9H13NOS. The summed E-state index contributed by atoms with van der Waals surface area (Å²) in [6.07, 6.45) is 1.65. The van der Waals surface area contributed by atoms with Gasteiger partial charge in [-0.2, -0.15) is 0 Å². The number of rotatable bonds is 3. The lowest BCUT2D eigenvalue weighted by Crippen LogP contribution is -2.24. The van der Waals surface area contributed by atoms with E-state index in [0.717, 1.165) is 23.6 Å². The topological polar surface area (TPSA) is 29.1 Å². The zero-order chi connectivity index (χ0) is 8.97. The first-order valence-corrected chi connectivity index (χ1v) is 5.15. The Bertz CT molecular complexity index is 233. The van der Waals surface area contributed by atoms with E-state index in [1.807, 2.05) is 6.92 Å². The molecule has 0 saturated carbocycles. The maximum atomic E-state index is 11.3. The van der Waals surface area contributed by atoms with Crippen LogP contribution in [0.4, 0.5) is 0 Å². The fraction of sp³-hybridized carbons (Fsp3) is 0.444. The minimum absolute atomic E-state index is 0.192. The lowest BCUT2D eigenvalue weighted by molar-refractivity contribution is -0.113. The molecular weight excluding hydrogens is 170 g/mol. The third kappa shape index (κ3) is 1.91. The predicted octanol–water partition coefficient (Wildman–Crippen LogP) is 1.35. The van der Waals surface area contributed by atoms with E-state index >= 15 is 0 Å². The van der Waals surface area contributed by atoms with Gasteiger partial charge < -0.3 is 5.32 Å². The van der Waals surface area contributed by atoms with Crippen molar-refractivity contribution in [2.75, 3.05) is 18.1 Å². The highest BCUT2D eigenvalue weighted by Gasteiger charge is 2.17. The van der Waals surface area contributed by atoms with Crippen molar-refractivity contribution in [2.45, 2.75) is 6.92 Å². The number of hydrogen-bond acceptors (Lipinski definition) is 3. The second-order valence-corrected chi connectivity index (χ2v) is 3.53. The highest BCUT2D eigenvalue weighted by Crippen LogP contribution is 2.19. The van der Waals surface area contributed by atoms with Crippen LogP contribution in [0.25, 0.3) is 0 Å². The summed E-state index contributed by atoms with van der Waals surface area (Å²) in [7, 11) is 0. The summed E-state index contributed by atoms with van der Waals surface area (Å²) in [6.45, 7) is 6.53. The van der Waals surface area contributed by atoms with Crippen LogP contribution >= 0.6 is 11.8 Å². The van der Waals surface area contributed by atoms with E-state index < -0.39 is 0 Å². The normalized spacial score (nSPS) is 17.9. The molecule has 0 bridgehead atoms. The van der Waals surface area contributed by atoms with Crippen molar-refractivity contribution in [2.24, 2.45) is 0 Å². The standard InChI is InChI=1S/C9H13NOS/c1-3-7-8(10-4-2)5-12-6-9(7)11/h3,10H,1,4-6H2,2H3. The van der Waals surface area contributed by atoms with Gasteiger partial charge in [0.05, 0.1) is 5.75 Å². The van der Waals surface area contributed by atoms with Gasteiger partial charge in [0.25, 0.3) is 0 Å². The van der Waals surface area contributed by atoms with Crippen LogP contribution in [0, 0.1) is 0 Å². The van der Waals surface area contributed by atoms with E-state index in [0.29, 0.717) is 5.75 Å². The minimum atomic E-state index is 0.192. The number of Topliss-reactive ketones (excluding diaryl/α,β-unsaturated/α-hetero) is 1. The van der Waals surface area contributed by atoms with Crippen molar-refractivity contribution in [3.05, 3.63) is 23.9 Å². The van der Waals surface area contributed by atoms with Gasteiger partial charge in [0.1, 0.15) is 0 Å². The fourth-order valence-electron chi connectivity index (χ4n) is 1.17. The Morgan fingerprint density at radius 1 is 1.67 bits per heavy atom. The number of thioether (sulfide) groups is 1. The molecule has 0 unspecified atom stereocenters. The Labute approximate surface area is 77.1 Å². The minimum Gasteiger partial charge on any atom is -0.387 e. The van der Waals surface area contributed by atoms with Crippen LogP contribution in [-0.4, -0.2) is 23.8 Å². The molecule has 3 heteroatoms. The second-order valence-electron chi connectivity index (χ2n) is 2.54. The van der Waals surface area contributed by atoms with E-state index in [2.05, 4.69) is 11.9 Å². The van der Waals surface area contributed by atoms with Crippen molar-refractivity contribution in [1.82, 2.24) is 5.32 Å². The van der Waals surface area contributed by atoms with E-state index in [1.165, 1.54) is 0 Å². The van der Waals surface area contributed by atoms with Gasteiger partial charge in [-0.05, 0) is 6.92 Å². The van der Waals surface area contributed by atoms with Crippen LogP contribution in [0.3, 0.4) is 0 Å². The molecule has 0 amide bonds. The SMILES string of the molecule is C=CC1=C(NCC)CSCC1=O. The van der Waals surface area contributed by atoms with Gasteiger partial charge >= 0.3 is 0 Å². The fourth-order valence-corrected chi connectivity index (χ4v) is 2.07. The number of allylic oxidation sites excluding steroid dienone is 2. The van der Waals surface area contributed by atoms with Crippen LogP contribution in [0.15, 0.2) is 23.9 Å². The molecule has 1 N–H and O–H groups in total. The molecule has 0 aromatic carbocycles. The molecule has 0 radical (unpaired) electrons. The second kappa shape index (κ2) is 4.36. The summed E-state index contributed by atoms with van der Waals surface area (Å²) in [4.78, 5) is 11.3. The Hall–Kier alpha value is -0.700. The summed E-state index contributed by atoms with van der Waals surface area (Å²) in [6, 6.07) is 0. The molecule has 0 aromatic rings. The summed E-state index contributed by atoms with van der Waals surface area (Å²) >= 11 is 1.65. The molecule has 66 valence electrons. The van der Waals surface area contributed by atoms with Gasteiger partial charge in [-0.15, -0.1) is 11.8 Å². The molecule has 0 spiro atoms. The summed E-state index contributed by atoms with van der Waals surface area (Å²) in [5, 5.41) is 3.18. The molecule has 0 aromatic heterocycles. The average Bonchev–Trinajstić information content (AvgIpc) is 2.05. The van der Waals surface area contributed by atoms with E-state index in [9.17, 15) is 4.79 Å². The first-order chi connectivity index (χ1) is 5.79. The molecule has 1 heterocycles. The molecule has 12 heavy (non-hydrogen) atoms. The van der Waals surface area contributed by atoms with Gasteiger partial charge in [0.15, 0.2) is 5.78 Å². The smallest absolute Gasteiger partial charge is 0.174 e. The van der Waals surface area contributed by atoms with Crippen LogP contribution < -0.4 is 5.32 Å². The summed E-state index contributed by atoms with van der Waals surface area (Å²) in [5.41, 5.74) is 1.81. The average molecular weight is 183 g/mol. The maximum Gasteiger partial charge on any atom is 0.174 e. The Kier molecular flexibility index (Phi) is 3.41. The number of carbonyl (C=O) groups excluding carboxylic acids is 1. The van der Waals surface area contributed by atoms with E-state index in [1.54, 1.807) is 17.8 Å². The molecule has 0 saturated heterocycles. The summed E-state index contributed by atoms with van der Waals surface area (Å²) < 4.78 is 0. The molecule has 2 nitrogen and oxygen atoms in total. The lowest BCUT2D eigenvalue weighted by Gasteiger charge is -2.17. The summed E-state index contributed by atoms with van der Waals surface area (Å²) in [5.74, 6) is 1.69. The van der Waals surface area contributed by atoms with Gasteiger partial charge in [0, 0.05) is 23.6 Å². The largest absolute Gasteiger partial charge is 0.387 e.